The average molecular weight is 523 g/mol. The lowest BCUT2D eigenvalue weighted by molar-refractivity contribution is 0.0858. The maximum absolute atomic E-state index is 12.9. The first-order chi connectivity index (χ1) is 15.4. The monoisotopic (exact) mass is 521 g/mol. The van der Waals surface area contributed by atoms with Gasteiger partial charge in [-0.05, 0) is 69.2 Å². The molecule has 1 aromatic carbocycles. The third-order valence-corrected chi connectivity index (χ3v) is 6.31. The van der Waals surface area contributed by atoms with E-state index in [4.69, 9.17) is 15.2 Å². The molecule has 198 valence electrons. The number of nitrogens with zero attached hydrogens (tertiary/aromatic N) is 1. The number of unbranched alkanes of at least 4 members (excludes halogenated alkanes) is 1. The second-order valence-corrected chi connectivity index (χ2v) is 9.23. The van der Waals surface area contributed by atoms with Crippen LogP contribution < -0.4 is 15.8 Å². The summed E-state index contributed by atoms with van der Waals surface area (Å²) in [5.74, 6) is 0.979. The summed E-state index contributed by atoms with van der Waals surface area (Å²) >= 11 is 0. The number of para-hydroxylation sites is 1. The molecule has 3 atom stereocenters. The van der Waals surface area contributed by atoms with Gasteiger partial charge >= 0.3 is 0 Å². The molecule has 7 nitrogen and oxygen atoms in total. The third kappa shape index (κ3) is 11.6. The topological polar surface area (TPSA) is 97.0 Å². The van der Waals surface area contributed by atoms with Crippen molar-refractivity contribution < 1.29 is 19.4 Å². The van der Waals surface area contributed by atoms with Crippen molar-refractivity contribution in [1.82, 2.24) is 10.2 Å². The van der Waals surface area contributed by atoms with E-state index in [0.29, 0.717) is 50.0 Å². The Kier molecular flexibility index (Phi) is 17.6. The largest absolute Gasteiger partial charge is 0.493 e. The second kappa shape index (κ2) is 18.2. The quantitative estimate of drug-likeness (QED) is 0.305. The average Bonchev–Trinajstić information content (AvgIpc) is 3.29. The number of halogens is 2. The van der Waals surface area contributed by atoms with Crippen molar-refractivity contribution in [3.63, 3.8) is 0 Å². The summed E-state index contributed by atoms with van der Waals surface area (Å²) < 4.78 is 10.9. The highest BCUT2D eigenvalue weighted by atomic mass is 35.5. The van der Waals surface area contributed by atoms with Gasteiger partial charge < -0.3 is 30.5 Å². The SMILES string of the molecule is COCCCCOc1ccccc1C(=O)NC[C@@H](C[C@H](N)[C@@H](O)CN1CCCC1)C(C)C.Cl.Cl. The zero-order chi connectivity index (χ0) is 23.3. The summed E-state index contributed by atoms with van der Waals surface area (Å²) in [5.41, 5.74) is 6.89. The molecule has 1 fully saturated rings. The highest BCUT2D eigenvalue weighted by Crippen LogP contribution is 2.21. The van der Waals surface area contributed by atoms with E-state index >= 15 is 0 Å². The van der Waals surface area contributed by atoms with Crippen molar-refractivity contribution in [2.75, 3.05) is 46.5 Å². The van der Waals surface area contributed by atoms with Crippen LogP contribution in [0.1, 0.15) is 56.3 Å². The lowest BCUT2D eigenvalue weighted by atomic mass is 9.87. The summed E-state index contributed by atoms with van der Waals surface area (Å²) in [6.45, 7) is 8.75. The number of hydrogen-bond donors (Lipinski definition) is 3. The molecule has 1 aromatic rings. The molecule has 1 heterocycles. The van der Waals surface area contributed by atoms with E-state index in [1.807, 2.05) is 18.2 Å². The molecule has 1 saturated heterocycles. The number of nitrogens with one attached hydrogen (secondary N) is 1. The van der Waals surface area contributed by atoms with Crippen LogP contribution in [0.3, 0.4) is 0 Å². The highest BCUT2D eigenvalue weighted by Gasteiger charge is 2.25. The zero-order valence-corrected chi connectivity index (χ0v) is 22.5. The molecule has 0 bridgehead atoms. The first-order valence-corrected chi connectivity index (χ1v) is 12.1. The normalized spacial score (nSPS) is 16.3. The van der Waals surface area contributed by atoms with Crippen LogP contribution in [0.5, 0.6) is 5.75 Å². The summed E-state index contributed by atoms with van der Waals surface area (Å²) in [7, 11) is 1.69. The fourth-order valence-corrected chi connectivity index (χ4v) is 4.09. The lowest BCUT2D eigenvalue weighted by Gasteiger charge is -2.29. The van der Waals surface area contributed by atoms with E-state index < -0.39 is 6.10 Å². The summed E-state index contributed by atoms with van der Waals surface area (Å²) in [6.07, 6.45) is 4.31. The van der Waals surface area contributed by atoms with Gasteiger partial charge in [-0.15, -0.1) is 24.8 Å². The van der Waals surface area contributed by atoms with Gasteiger partial charge in [-0.3, -0.25) is 4.79 Å². The molecular formula is C25H45Cl2N3O4. The Balaban J connectivity index is 0.00000544. The minimum atomic E-state index is -0.544. The molecule has 9 heteroatoms. The van der Waals surface area contributed by atoms with E-state index in [2.05, 4.69) is 24.1 Å². The molecule has 1 aliphatic heterocycles. The molecule has 4 N–H and O–H groups in total. The van der Waals surface area contributed by atoms with Gasteiger partial charge in [0.05, 0.1) is 18.3 Å². The molecule has 0 radical (unpaired) electrons. The number of carbonyl (C=O) groups excluding carboxylic acids is 1. The Morgan fingerprint density at radius 2 is 1.79 bits per heavy atom. The van der Waals surface area contributed by atoms with Crippen LogP contribution in [0.4, 0.5) is 0 Å². The third-order valence-electron chi connectivity index (χ3n) is 6.31. The number of aliphatic hydroxyl groups is 1. The molecule has 0 aromatic heterocycles. The van der Waals surface area contributed by atoms with Gasteiger partial charge in [0.2, 0.25) is 0 Å². The number of nitrogens with two attached hydrogens (primary N) is 1. The number of aliphatic hydroxyl groups excluding tert-OH is 1. The minimum absolute atomic E-state index is 0. The van der Waals surface area contributed by atoms with E-state index in [1.54, 1.807) is 13.2 Å². The van der Waals surface area contributed by atoms with E-state index in [9.17, 15) is 9.90 Å². The van der Waals surface area contributed by atoms with Gasteiger partial charge in [0.25, 0.3) is 5.91 Å². The Morgan fingerprint density at radius 3 is 2.44 bits per heavy atom. The first-order valence-electron chi connectivity index (χ1n) is 12.1. The number of benzene rings is 1. The van der Waals surface area contributed by atoms with Crippen molar-refractivity contribution in [1.29, 1.82) is 0 Å². The van der Waals surface area contributed by atoms with Crippen LogP contribution in [-0.2, 0) is 4.74 Å². The molecule has 34 heavy (non-hydrogen) atoms. The van der Waals surface area contributed by atoms with Gasteiger partial charge in [-0.2, -0.15) is 0 Å². The van der Waals surface area contributed by atoms with Crippen LogP contribution in [-0.4, -0.2) is 74.6 Å². The Labute approximate surface area is 217 Å². The lowest BCUT2D eigenvalue weighted by Crippen LogP contribution is -2.45. The van der Waals surface area contributed by atoms with Crippen molar-refractivity contribution in [3.8, 4) is 5.75 Å². The second-order valence-electron chi connectivity index (χ2n) is 9.23. The molecule has 1 amide bonds. The molecule has 0 saturated carbocycles. The molecule has 1 aliphatic rings. The Bertz CT molecular complexity index is 675. The number of likely N-dealkylation sites (tertiary alicyclic amines) is 1. The van der Waals surface area contributed by atoms with Crippen LogP contribution in [0.25, 0.3) is 0 Å². The number of carbonyl (C=O) groups is 1. The number of amides is 1. The van der Waals surface area contributed by atoms with Crippen LogP contribution in [0.15, 0.2) is 24.3 Å². The summed E-state index contributed by atoms with van der Waals surface area (Å²) in [5, 5.41) is 13.6. The predicted octanol–water partition coefficient (Wildman–Crippen LogP) is 3.51. The van der Waals surface area contributed by atoms with E-state index in [0.717, 1.165) is 25.9 Å². The highest BCUT2D eigenvalue weighted by molar-refractivity contribution is 5.96. The molecule has 0 aliphatic carbocycles. The molecule has 2 rings (SSSR count). The molecular weight excluding hydrogens is 477 g/mol. The van der Waals surface area contributed by atoms with Gasteiger partial charge in [0.1, 0.15) is 5.75 Å². The number of ether oxygens (including phenoxy) is 2. The first kappa shape index (κ1) is 32.9. The number of hydrogen-bond acceptors (Lipinski definition) is 6. The maximum atomic E-state index is 12.9. The van der Waals surface area contributed by atoms with Crippen LogP contribution in [0, 0.1) is 11.8 Å². The summed E-state index contributed by atoms with van der Waals surface area (Å²) in [6, 6.07) is 7.03. The fourth-order valence-electron chi connectivity index (χ4n) is 4.09. The zero-order valence-electron chi connectivity index (χ0n) is 20.9. The van der Waals surface area contributed by atoms with E-state index in [-0.39, 0.29) is 42.7 Å². The van der Waals surface area contributed by atoms with Crippen LogP contribution >= 0.6 is 24.8 Å². The Hall–Kier alpha value is -1.09. The smallest absolute Gasteiger partial charge is 0.255 e. The Morgan fingerprint density at radius 1 is 1.15 bits per heavy atom. The van der Waals surface area contributed by atoms with Crippen molar-refractivity contribution in [2.24, 2.45) is 17.6 Å². The molecule has 0 unspecified atom stereocenters. The fraction of sp³-hybridized carbons (Fsp3) is 0.720. The minimum Gasteiger partial charge on any atom is -0.493 e. The van der Waals surface area contributed by atoms with Crippen molar-refractivity contribution in [3.05, 3.63) is 29.8 Å². The predicted molar refractivity (Wildman–Crippen MR) is 142 cm³/mol. The van der Waals surface area contributed by atoms with Gasteiger partial charge in [0, 0.05) is 32.8 Å². The standard InChI is InChI=1S/C25H43N3O4.2ClH/c1-19(2)20(16-22(26)23(29)18-28-12-6-7-13-28)17-27-25(30)21-10-4-5-11-24(21)32-15-9-8-14-31-3;;/h4-5,10-11,19-20,22-23,29H,6-9,12-18,26H2,1-3H3,(H,27,30);2*1H/t20-,22+,23+;;/m1../s1. The van der Waals surface area contributed by atoms with Gasteiger partial charge in [-0.25, -0.2) is 0 Å². The maximum Gasteiger partial charge on any atom is 0.255 e. The van der Waals surface area contributed by atoms with Crippen LogP contribution in [0.2, 0.25) is 0 Å². The summed E-state index contributed by atoms with van der Waals surface area (Å²) in [4.78, 5) is 15.2. The number of β-amino-alcohol motifs (C(OH)–C–C–N with tert-alkyl or cyclic N) is 1. The van der Waals surface area contributed by atoms with Crippen molar-refractivity contribution >= 4 is 30.7 Å². The van der Waals surface area contributed by atoms with Gasteiger partial charge in [0.15, 0.2) is 0 Å². The number of methoxy groups -OCH3 is 1. The molecule has 0 spiro atoms. The number of rotatable bonds is 15. The van der Waals surface area contributed by atoms with Crippen molar-refractivity contribution in [2.45, 2.75) is 58.1 Å². The van der Waals surface area contributed by atoms with Gasteiger partial charge in [-0.1, -0.05) is 26.0 Å². The van der Waals surface area contributed by atoms with E-state index in [1.165, 1.54) is 12.8 Å².